The first-order chi connectivity index (χ1) is 8.70. The summed E-state index contributed by atoms with van der Waals surface area (Å²) in [7, 11) is 0. The highest BCUT2D eigenvalue weighted by Crippen LogP contribution is 2.31. The number of nitrogens with one attached hydrogen (secondary N) is 1. The van der Waals surface area contributed by atoms with Crippen LogP contribution in [0.3, 0.4) is 0 Å². The van der Waals surface area contributed by atoms with Gasteiger partial charge in [-0.1, -0.05) is 11.6 Å². The van der Waals surface area contributed by atoms with Gasteiger partial charge in [0.15, 0.2) is 0 Å². The molecule has 0 aromatic heterocycles. The average Bonchev–Trinajstić information content (AvgIpc) is 2.89. The summed E-state index contributed by atoms with van der Waals surface area (Å²) in [4.78, 5) is 2.29. The van der Waals surface area contributed by atoms with Crippen LogP contribution in [0.1, 0.15) is 12.8 Å². The van der Waals surface area contributed by atoms with Crippen LogP contribution in [0.25, 0.3) is 0 Å². The van der Waals surface area contributed by atoms with Crippen molar-refractivity contribution in [3.8, 4) is 0 Å². The van der Waals surface area contributed by atoms with Gasteiger partial charge >= 0.3 is 0 Å². The summed E-state index contributed by atoms with van der Waals surface area (Å²) in [6, 6.07) is 5.81. The van der Waals surface area contributed by atoms with E-state index in [2.05, 4.69) is 10.2 Å². The number of hydrogen-bond acceptors (Lipinski definition) is 4. The molecule has 1 unspecified atom stereocenters. The molecular formula is C13H19ClN2O2. The van der Waals surface area contributed by atoms with E-state index in [1.54, 1.807) is 0 Å². The van der Waals surface area contributed by atoms with E-state index in [0.29, 0.717) is 6.54 Å². The number of aliphatic hydroxyl groups is 2. The summed E-state index contributed by atoms with van der Waals surface area (Å²) in [5.74, 6) is 0. The van der Waals surface area contributed by atoms with Gasteiger partial charge in [0, 0.05) is 25.3 Å². The van der Waals surface area contributed by atoms with Crippen LogP contribution in [-0.2, 0) is 0 Å². The minimum absolute atomic E-state index is 0.243. The lowest BCUT2D eigenvalue weighted by Gasteiger charge is -2.20. The molecule has 0 amide bonds. The second-order valence-corrected chi connectivity index (χ2v) is 4.98. The third-order valence-electron chi connectivity index (χ3n) is 3.15. The summed E-state index contributed by atoms with van der Waals surface area (Å²) < 4.78 is 0. The van der Waals surface area contributed by atoms with Crippen LogP contribution in [0.15, 0.2) is 18.2 Å². The van der Waals surface area contributed by atoms with E-state index in [1.807, 2.05) is 18.2 Å². The Morgan fingerprint density at radius 3 is 2.67 bits per heavy atom. The van der Waals surface area contributed by atoms with Crippen molar-refractivity contribution in [2.75, 3.05) is 36.5 Å². The number of rotatable bonds is 5. The van der Waals surface area contributed by atoms with E-state index >= 15 is 0 Å². The van der Waals surface area contributed by atoms with Crippen LogP contribution in [0.5, 0.6) is 0 Å². The number of nitrogens with zero attached hydrogens (tertiary/aromatic N) is 1. The quantitative estimate of drug-likeness (QED) is 0.762. The number of hydrogen-bond donors (Lipinski definition) is 3. The fourth-order valence-electron chi connectivity index (χ4n) is 2.13. The molecule has 3 N–H and O–H groups in total. The maximum absolute atomic E-state index is 9.26. The standard InChI is InChI=1S/C13H19ClN2O2/c14-12-7-10(15-8-11(18)9-17)3-4-13(12)16-5-1-2-6-16/h3-4,7,11,15,17-18H,1-2,5-6,8-9H2. The molecule has 4 nitrogen and oxygen atoms in total. The Kier molecular flexibility index (Phi) is 4.69. The number of halogens is 1. The lowest BCUT2D eigenvalue weighted by atomic mass is 10.2. The molecule has 1 aromatic rings. The van der Waals surface area contributed by atoms with Crippen molar-refractivity contribution in [1.29, 1.82) is 0 Å². The molecule has 0 saturated carbocycles. The van der Waals surface area contributed by atoms with Crippen molar-refractivity contribution in [1.82, 2.24) is 0 Å². The maximum atomic E-state index is 9.26. The first kappa shape index (κ1) is 13.5. The Labute approximate surface area is 112 Å². The fraction of sp³-hybridized carbons (Fsp3) is 0.538. The zero-order valence-electron chi connectivity index (χ0n) is 10.3. The topological polar surface area (TPSA) is 55.7 Å². The molecule has 1 atom stereocenters. The van der Waals surface area contributed by atoms with E-state index in [9.17, 15) is 5.11 Å². The van der Waals surface area contributed by atoms with Gasteiger partial charge in [-0.3, -0.25) is 0 Å². The first-order valence-electron chi connectivity index (χ1n) is 6.28. The van der Waals surface area contributed by atoms with Gasteiger partial charge in [0.1, 0.15) is 0 Å². The first-order valence-corrected chi connectivity index (χ1v) is 6.66. The van der Waals surface area contributed by atoms with Crippen molar-refractivity contribution in [2.45, 2.75) is 18.9 Å². The predicted molar refractivity (Wildman–Crippen MR) is 74.5 cm³/mol. The van der Waals surface area contributed by atoms with Gasteiger partial charge in [-0.05, 0) is 31.0 Å². The van der Waals surface area contributed by atoms with Crippen LogP contribution in [-0.4, -0.2) is 42.6 Å². The molecule has 18 heavy (non-hydrogen) atoms. The number of anilines is 2. The smallest absolute Gasteiger partial charge is 0.0942 e. The molecule has 1 saturated heterocycles. The minimum Gasteiger partial charge on any atom is -0.394 e. The molecular weight excluding hydrogens is 252 g/mol. The Balaban J connectivity index is 2.00. The Morgan fingerprint density at radius 2 is 2.06 bits per heavy atom. The van der Waals surface area contributed by atoms with Crippen molar-refractivity contribution >= 4 is 23.0 Å². The minimum atomic E-state index is -0.748. The highest BCUT2D eigenvalue weighted by Gasteiger charge is 2.15. The molecule has 0 aliphatic carbocycles. The summed E-state index contributed by atoms with van der Waals surface area (Å²) in [5.41, 5.74) is 1.93. The number of aliphatic hydroxyl groups excluding tert-OH is 2. The van der Waals surface area contributed by atoms with Crippen LogP contribution in [0.2, 0.25) is 5.02 Å². The van der Waals surface area contributed by atoms with E-state index < -0.39 is 6.10 Å². The molecule has 0 bridgehead atoms. The highest BCUT2D eigenvalue weighted by atomic mass is 35.5. The van der Waals surface area contributed by atoms with E-state index in [0.717, 1.165) is 29.5 Å². The van der Waals surface area contributed by atoms with Crippen molar-refractivity contribution in [2.24, 2.45) is 0 Å². The zero-order valence-corrected chi connectivity index (χ0v) is 11.0. The van der Waals surface area contributed by atoms with Crippen molar-refractivity contribution < 1.29 is 10.2 Å². The summed E-state index contributed by atoms with van der Waals surface area (Å²) in [6.45, 7) is 2.20. The van der Waals surface area contributed by atoms with E-state index in [1.165, 1.54) is 12.8 Å². The van der Waals surface area contributed by atoms with Crippen LogP contribution in [0, 0.1) is 0 Å². The molecule has 1 aliphatic heterocycles. The molecule has 2 rings (SSSR count). The Hall–Kier alpha value is -0.970. The van der Waals surface area contributed by atoms with Gasteiger partial charge in [-0.15, -0.1) is 0 Å². The molecule has 0 radical (unpaired) electrons. The zero-order chi connectivity index (χ0) is 13.0. The molecule has 1 aromatic carbocycles. The fourth-order valence-corrected chi connectivity index (χ4v) is 2.43. The van der Waals surface area contributed by atoms with E-state index in [-0.39, 0.29) is 6.61 Å². The largest absolute Gasteiger partial charge is 0.394 e. The SMILES string of the molecule is OCC(O)CNc1ccc(N2CCCC2)c(Cl)c1. The summed E-state index contributed by atoms with van der Waals surface area (Å²) >= 11 is 6.27. The van der Waals surface area contributed by atoms with Crippen molar-refractivity contribution in [3.05, 3.63) is 23.2 Å². The maximum Gasteiger partial charge on any atom is 0.0942 e. The van der Waals surface area contributed by atoms with E-state index in [4.69, 9.17) is 16.7 Å². The number of benzene rings is 1. The van der Waals surface area contributed by atoms with Gasteiger partial charge in [0.25, 0.3) is 0 Å². The second kappa shape index (κ2) is 6.27. The highest BCUT2D eigenvalue weighted by molar-refractivity contribution is 6.33. The monoisotopic (exact) mass is 270 g/mol. The van der Waals surface area contributed by atoms with Crippen LogP contribution < -0.4 is 10.2 Å². The summed E-state index contributed by atoms with van der Waals surface area (Å²) in [5, 5.41) is 21.8. The van der Waals surface area contributed by atoms with Gasteiger partial charge in [-0.25, -0.2) is 0 Å². The molecule has 5 heteroatoms. The Bertz CT molecular complexity index is 395. The summed E-state index contributed by atoms with van der Waals surface area (Å²) in [6.07, 6.45) is 1.69. The molecule has 100 valence electrons. The average molecular weight is 271 g/mol. The molecule has 1 heterocycles. The predicted octanol–water partition coefficient (Wildman–Crippen LogP) is 1.71. The van der Waals surface area contributed by atoms with Crippen molar-refractivity contribution in [3.63, 3.8) is 0 Å². The molecule has 0 spiro atoms. The Morgan fingerprint density at radius 1 is 1.33 bits per heavy atom. The van der Waals surface area contributed by atoms with Gasteiger partial charge in [-0.2, -0.15) is 0 Å². The lowest BCUT2D eigenvalue weighted by Crippen LogP contribution is -2.23. The second-order valence-electron chi connectivity index (χ2n) is 4.58. The van der Waals surface area contributed by atoms with Crippen LogP contribution in [0.4, 0.5) is 11.4 Å². The third-order valence-corrected chi connectivity index (χ3v) is 3.45. The third kappa shape index (κ3) is 3.28. The molecule has 1 aliphatic rings. The van der Waals surface area contributed by atoms with Gasteiger partial charge in [0.05, 0.1) is 23.4 Å². The molecule has 1 fully saturated rings. The normalized spacial score (nSPS) is 16.9. The van der Waals surface area contributed by atoms with Gasteiger partial charge in [0.2, 0.25) is 0 Å². The van der Waals surface area contributed by atoms with Crippen LogP contribution >= 0.6 is 11.6 Å². The van der Waals surface area contributed by atoms with Gasteiger partial charge < -0.3 is 20.4 Å². The lowest BCUT2D eigenvalue weighted by molar-refractivity contribution is 0.105.